The summed E-state index contributed by atoms with van der Waals surface area (Å²) in [6, 6.07) is 5.41. The summed E-state index contributed by atoms with van der Waals surface area (Å²) in [6.07, 6.45) is -1.77. The van der Waals surface area contributed by atoms with Gasteiger partial charge < -0.3 is 24.7 Å². The Bertz CT molecular complexity index is 1520. The van der Waals surface area contributed by atoms with Crippen molar-refractivity contribution in [3.63, 3.8) is 0 Å². The maximum atomic E-state index is 15.0. The second-order valence-corrected chi connectivity index (χ2v) is 12.9. The van der Waals surface area contributed by atoms with Crippen molar-refractivity contribution in [3.8, 4) is 17.0 Å². The Balaban J connectivity index is 1.60. The minimum Gasteiger partial charge on any atom is -0.507 e. The van der Waals surface area contributed by atoms with Gasteiger partial charge in [0.15, 0.2) is 0 Å². The Morgan fingerprint density at radius 2 is 2.00 bits per heavy atom. The number of thiazole rings is 1. The number of ether oxygens (including phenoxy) is 1. The molecule has 1 saturated heterocycles. The van der Waals surface area contributed by atoms with Crippen LogP contribution < -0.4 is 4.90 Å². The third kappa shape index (κ3) is 5.62. The number of carbonyl (C=O) groups excluding carboxylic acids is 1. The normalized spacial score (nSPS) is 19.2. The second-order valence-electron chi connectivity index (χ2n) is 11.7. The van der Waals surface area contributed by atoms with Crippen LogP contribution >= 0.6 is 22.9 Å². The number of halogens is 2. The van der Waals surface area contributed by atoms with Crippen molar-refractivity contribution >= 4 is 45.7 Å². The third-order valence-electron chi connectivity index (χ3n) is 7.01. The molecule has 0 saturated carbocycles. The summed E-state index contributed by atoms with van der Waals surface area (Å²) in [5, 5.41) is 22.8. The molecule has 4 heterocycles. The van der Waals surface area contributed by atoms with Crippen molar-refractivity contribution < 1.29 is 24.1 Å². The molecule has 2 aromatic heterocycles. The van der Waals surface area contributed by atoms with Gasteiger partial charge in [0, 0.05) is 25.7 Å². The van der Waals surface area contributed by atoms with Gasteiger partial charge >= 0.3 is 6.09 Å². The molecule has 1 aromatic carbocycles. The highest BCUT2D eigenvalue weighted by atomic mass is 35.5. The molecule has 2 atom stereocenters. The van der Waals surface area contributed by atoms with Gasteiger partial charge in [0.25, 0.3) is 0 Å². The van der Waals surface area contributed by atoms with Crippen LogP contribution in [-0.4, -0.2) is 79.5 Å². The Labute approximate surface area is 253 Å². The zero-order valence-electron chi connectivity index (χ0n) is 24.3. The highest BCUT2D eigenvalue weighted by molar-refractivity contribution is 7.14. The number of aliphatic imine (C=N–C) groups is 1. The third-order valence-corrected chi connectivity index (χ3v) is 8.14. The summed E-state index contributed by atoms with van der Waals surface area (Å²) >= 11 is 8.05. The number of piperazine rings is 1. The lowest BCUT2D eigenvalue weighted by Gasteiger charge is -2.44. The fraction of sp³-hybridized carbons (Fsp3) is 0.448. The molecule has 13 heteroatoms. The number of anilines is 2. The van der Waals surface area contributed by atoms with Crippen LogP contribution in [-0.2, 0) is 4.74 Å². The molecule has 2 N–H and O–H groups in total. The number of aliphatic hydroxyl groups is 1. The molecule has 0 bridgehead atoms. The number of phenols is 1. The van der Waals surface area contributed by atoms with Crippen molar-refractivity contribution in [3.05, 3.63) is 51.9 Å². The summed E-state index contributed by atoms with van der Waals surface area (Å²) in [5.41, 5.74) is 2.23. The number of pyridine rings is 1. The minimum atomic E-state index is -1.38. The average Bonchev–Trinajstić information content (AvgIpc) is 3.37. The van der Waals surface area contributed by atoms with Gasteiger partial charge in [0.2, 0.25) is 6.35 Å². The van der Waals surface area contributed by atoms with E-state index in [-0.39, 0.29) is 34.0 Å². The molecule has 0 aliphatic carbocycles. The highest BCUT2D eigenvalue weighted by Gasteiger charge is 2.39. The number of benzene rings is 1. The predicted molar refractivity (Wildman–Crippen MR) is 161 cm³/mol. The van der Waals surface area contributed by atoms with Crippen LogP contribution in [0, 0.1) is 5.82 Å². The highest BCUT2D eigenvalue weighted by Crippen LogP contribution is 2.44. The van der Waals surface area contributed by atoms with E-state index in [1.54, 1.807) is 21.4 Å². The van der Waals surface area contributed by atoms with E-state index in [2.05, 4.69) is 9.98 Å². The fourth-order valence-electron chi connectivity index (χ4n) is 5.12. The fourth-order valence-corrected chi connectivity index (χ4v) is 6.33. The molecule has 3 aromatic rings. The van der Waals surface area contributed by atoms with Crippen molar-refractivity contribution in [2.24, 2.45) is 4.99 Å². The number of aliphatic hydroxyl groups excluding tert-OH is 1. The van der Waals surface area contributed by atoms with E-state index in [4.69, 9.17) is 21.3 Å². The first-order valence-electron chi connectivity index (χ1n) is 13.7. The number of nitrogens with zero attached hydrogens (tertiary/aromatic N) is 6. The number of amides is 1. The molecular formula is C29H34ClFN6O4S. The summed E-state index contributed by atoms with van der Waals surface area (Å²) in [6.45, 7) is 12.6. The number of aromatic hydroxyl groups is 1. The van der Waals surface area contributed by atoms with Crippen LogP contribution in [0.2, 0.25) is 5.02 Å². The molecule has 0 radical (unpaired) electrons. The molecule has 0 spiro atoms. The Morgan fingerprint density at radius 1 is 1.26 bits per heavy atom. The number of hydrogen-bond donors (Lipinski definition) is 2. The van der Waals surface area contributed by atoms with Gasteiger partial charge in [-0.1, -0.05) is 31.5 Å². The summed E-state index contributed by atoms with van der Waals surface area (Å²) in [5.74, 6) is -0.222. The lowest BCUT2D eigenvalue weighted by atomic mass is 10.0. The van der Waals surface area contributed by atoms with Gasteiger partial charge in [0.1, 0.15) is 33.8 Å². The topological polar surface area (TPSA) is 115 Å². The molecule has 224 valence electrons. The SMILES string of the molecule is CC(C)c1ncsc1N1c2nc(-c3c(O)cccc3F)c(Cl)cc2C(N2CCN(C(=O)OC(C)(C)C)C[C@@H]2C)=NC1O. The first kappa shape index (κ1) is 30.0. The average molecular weight is 617 g/mol. The zero-order chi connectivity index (χ0) is 30.5. The molecule has 2 aliphatic rings. The Hall–Kier alpha value is -3.48. The van der Waals surface area contributed by atoms with Crippen LogP contribution in [0.5, 0.6) is 5.75 Å². The number of phenolic OH excluding ortho intramolecular Hbond substituents is 1. The molecule has 42 heavy (non-hydrogen) atoms. The van der Waals surface area contributed by atoms with E-state index in [1.165, 1.54) is 29.5 Å². The maximum Gasteiger partial charge on any atom is 0.410 e. The van der Waals surface area contributed by atoms with Gasteiger partial charge in [0.05, 0.1) is 33.0 Å². The number of amidine groups is 1. The zero-order valence-corrected chi connectivity index (χ0v) is 25.9. The van der Waals surface area contributed by atoms with Gasteiger partial charge in [-0.05, 0) is 51.8 Å². The number of aromatic nitrogens is 2. The van der Waals surface area contributed by atoms with Crippen molar-refractivity contribution in [2.45, 2.75) is 65.5 Å². The van der Waals surface area contributed by atoms with Crippen LogP contribution in [0.1, 0.15) is 58.7 Å². The predicted octanol–water partition coefficient (Wildman–Crippen LogP) is 5.94. The standard InChI is InChI=1S/C29H34ClFN6O4S/c1-15(2)22-26(42-14-32-22)37-25-17(12-18(30)23(33-25)21-19(31)8-7-9-20(21)38)24(34-27(37)39)36-11-10-35(13-16(36)3)28(40)41-29(4,5)6/h7-9,12,14-16,27,38-39H,10-11,13H2,1-6H3/t16-,27?/m0/s1. The van der Waals surface area contributed by atoms with Gasteiger partial charge in [-0.2, -0.15) is 0 Å². The summed E-state index contributed by atoms with van der Waals surface area (Å²) in [4.78, 5) is 31.9. The maximum absolute atomic E-state index is 15.0. The van der Waals surface area contributed by atoms with Crippen LogP contribution in [0.25, 0.3) is 11.3 Å². The lowest BCUT2D eigenvalue weighted by Crippen LogP contribution is -2.57. The first-order valence-corrected chi connectivity index (χ1v) is 14.9. The van der Waals surface area contributed by atoms with Gasteiger partial charge in [-0.25, -0.2) is 24.1 Å². The van der Waals surface area contributed by atoms with Crippen molar-refractivity contribution in [1.82, 2.24) is 19.8 Å². The van der Waals surface area contributed by atoms with Crippen molar-refractivity contribution in [1.29, 1.82) is 0 Å². The van der Waals surface area contributed by atoms with Crippen molar-refractivity contribution in [2.75, 3.05) is 24.5 Å². The molecule has 1 fully saturated rings. The number of hydrogen-bond acceptors (Lipinski definition) is 10. The van der Waals surface area contributed by atoms with E-state index in [0.29, 0.717) is 41.9 Å². The number of fused-ring (bicyclic) bond motifs is 1. The van der Waals surface area contributed by atoms with E-state index < -0.39 is 23.9 Å². The van der Waals surface area contributed by atoms with Crippen LogP contribution in [0.4, 0.5) is 20.0 Å². The van der Waals surface area contributed by atoms with E-state index in [1.807, 2.05) is 46.4 Å². The van der Waals surface area contributed by atoms with E-state index in [0.717, 1.165) is 5.69 Å². The molecular weight excluding hydrogens is 583 g/mol. The van der Waals surface area contributed by atoms with Crippen LogP contribution in [0.3, 0.4) is 0 Å². The summed E-state index contributed by atoms with van der Waals surface area (Å²) in [7, 11) is 0. The quantitative estimate of drug-likeness (QED) is 0.371. The number of carbonyl (C=O) groups is 1. The number of rotatable bonds is 3. The Morgan fingerprint density at radius 3 is 2.64 bits per heavy atom. The lowest BCUT2D eigenvalue weighted by molar-refractivity contribution is 0.0132. The Kier molecular flexibility index (Phi) is 8.08. The second kappa shape index (κ2) is 11.3. The summed E-state index contributed by atoms with van der Waals surface area (Å²) < 4.78 is 20.5. The van der Waals surface area contributed by atoms with Gasteiger partial charge in [-0.15, -0.1) is 11.3 Å². The molecule has 1 amide bonds. The largest absolute Gasteiger partial charge is 0.507 e. The van der Waals surface area contributed by atoms with Crippen LogP contribution in [0.15, 0.2) is 34.8 Å². The van der Waals surface area contributed by atoms with E-state index >= 15 is 0 Å². The minimum absolute atomic E-state index is 0.0304. The molecule has 2 aliphatic heterocycles. The van der Waals surface area contributed by atoms with E-state index in [9.17, 15) is 19.4 Å². The van der Waals surface area contributed by atoms with Gasteiger partial charge in [-0.3, -0.25) is 4.90 Å². The smallest absolute Gasteiger partial charge is 0.410 e. The monoisotopic (exact) mass is 616 g/mol. The molecule has 1 unspecified atom stereocenters. The molecule has 5 rings (SSSR count). The first-order chi connectivity index (χ1) is 19.8. The molecule has 10 nitrogen and oxygen atoms in total.